The van der Waals surface area contributed by atoms with E-state index in [2.05, 4.69) is 4.98 Å². The molecule has 1 aliphatic heterocycles. The van der Waals surface area contributed by atoms with E-state index in [9.17, 15) is 4.79 Å². The number of amides is 1. The predicted molar refractivity (Wildman–Crippen MR) is 90.8 cm³/mol. The number of hydrogen-bond acceptors (Lipinski definition) is 4. The third-order valence-electron chi connectivity index (χ3n) is 3.49. The molecule has 0 bridgehead atoms. The monoisotopic (exact) mass is 326 g/mol. The number of methoxy groups -OCH3 is 1. The maximum atomic E-state index is 12.0. The van der Waals surface area contributed by atoms with Crippen molar-refractivity contribution in [2.24, 2.45) is 5.92 Å². The minimum atomic E-state index is -0.443. The fourth-order valence-electron chi connectivity index (χ4n) is 2.57. The molecular weight excluding hydrogens is 300 g/mol. The lowest BCUT2D eigenvalue weighted by Gasteiger charge is -2.24. The average molecular weight is 326 g/mol. The van der Waals surface area contributed by atoms with Crippen LogP contribution in [0.4, 0.5) is 4.79 Å². The van der Waals surface area contributed by atoms with Crippen LogP contribution < -0.4 is 4.74 Å². The van der Waals surface area contributed by atoms with E-state index in [-0.39, 0.29) is 19.6 Å². The van der Waals surface area contributed by atoms with Gasteiger partial charge in [-0.15, -0.1) is 0 Å². The minimum Gasteiger partial charge on any atom is -0.481 e. The molecule has 0 aromatic carbocycles. The molecule has 2 rings (SSSR count). The highest BCUT2D eigenvalue weighted by Crippen LogP contribution is 2.25. The second-order valence-corrected chi connectivity index (χ2v) is 6.46. The van der Waals surface area contributed by atoms with Crippen molar-refractivity contribution >= 4 is 19.6 Å². The van der Waals surface area contributed by atoms with Gasteiger partial charge >= 0.3 is 6.09 Å². The third kappa shape index (κ3) is 5.09. The Balaban J connectivity index is 0.00000242. The Bertz CT molecular complexity index is 502. The van der Waals surface area contributed by atoms with Crippen molar-refractivity contribution in [2.45, 2.75) is 39.2 Å². The molecule has 1 fully saturated rings. The summed E-state index contributed by atoms with van der Waals surface area (Å²) in [6, 6.07) is 3.94. The molecule has 6 heteroatoms. The maximum Gasteiger partial charge on any atom is 0.410 e. The summed E-state index contributed by atoms with van der Waals surface area (Å²) in [7, 11) is 1.63. The maximum absolute atomic E-state index is 12.0. The van der Waals surface area contributed by atoms with Crippen LogP contribution in [0.2, 0.25) is 0 Å². The van der Waals surface area contributed by atoms with Crippen molar-refractivity contribution in [1.82, 2.24) is 9.88 Å². The lowest BCUT2D eigenvalue weighted by Crippen LogP contribution is -2.35. The summed E-state index contributed by atoms with van der Waals surface area (Å²) >= 11 is 0. The van der Waals surface area contributed by atoms with Gasteiger partial charge in [0.05, 0.1) is 7.11 Å². The molecule has 1 aromatic rings. The molecule has 22 heavy (non-hydrogen) atoms. The number of aromatic nitrogens is 1. The van der Waals surface area contributed by atoms with Crippen LogP contribution in [0.15, 0.2) is 18.3 Å². The van der Waals surface area contributed by atoms with Gasteiger partial charge in [-0.3, -0.25) is 0 Å². The molecule has 5 nitrogen and oxygen atoms in total. The van der Waals surface area contributed by atoms with Crippen molar-refractivity contribution in [3.8, 4) is 5.88 Å². The highest BCUT2D eigenvalue weighted by molar-refractivity contribution is 7.59. The fraction of sp³-hybridized carbons (Fsp3) is 0.625. The fourth-order valence-corrected chi connectivity index (χ4v) is 2.57. The summed E-state index contributed by atoms with van der Waals surface area (Å²) in [6.45, 7) is 7.14. The number of nitrogens with zero attached hydrogens (tertiary/aromatic N) is 2. The summed E-state index contributed by atoms with van der Waals surface area (Å²) in [4.78, 5) is 18.1. The van der Waals surface area contributed by atoms with Gasteiger partial charge in [0, 0.05) is 24.8 Å². The molecule has 0 saturated carbocycles. The van der Waals surface area contributed by atoms with E-state index in [0.717, 1.165) is 31.5 Å². The number of ether oxygens (including phenoxy) is 2. The molecule has 0 N–H and O–H groups in total. The Morgan fingerprint density at radius 2 is 2.18 bits per heavy atom. The van der Waals surface area contributed by atoms with Gasteiger partial charge in [-0.1, -0.05) is 6.07 Å². The summed E-state index contributed by atoms with van der Waals surface area (Å²) in [6.07, 6.45) is 3.36. The second kappa shape index (κ2) is 7.72. The van der Waals surface area contributed by atoms with E-state index in [1.54, 1.807) is 18.2 Å². The topological polar surface area (TPSA) is 51.7 Å². The molecule has 1 aromatic heterocycles. The zero-order valence-electron chi connectivity index (χ0n) is 13.8. The molecular formula is C16H26N2O3S. The van der Waals surface area contributed by atoms with E-state index in [1.165, 1.54) is 0 Å². The molecule has 1 saturated heterocycles. The van der Waals surface area contributed by atoms with Gasteiger partial charge in [-0.2, -0.15) is 13.5 Å². The number of rotatable bonds is 3. The van der Waals surface area contributed by atoms with Gasteiger partial charge in [0.2, 0.25) is 5.88 Å². The Kier molecular flexibility index (Phi) is 6.53. The van der Waals surface area contributed by atoms with Crippen molar-refractivity contribution in [1.29, 1.82) is 0 Å². The zero-order valence-corrected chi connectivity index (χ0v) is 14.8. The largest absolute Gasteiger partial charge is 0.481 e. The highest BCUT2D eigenvalue weighted by Gasteiger charge is 2.30. The molecule has 1 aliphatic rings. The van der Waals surface area contributed by atoms with Crippen LogP contribution in [-0.4, -0.2) is 41.8 Å². The standard InChI is InChI=1S/C16H24N2O3.H2S/c1-16(2,3)21-15(19)18-9-7-12(11-18)10-13-6-5-8-17-14(13)20-4;/h5-6,8,12H,7,9-11H2,1-4H3;1H2/t12-;/m1./s1. The Morgan fingerprint density at radius 3 is 2.82 bits per heavy atom. The van der Waals surface area contributed by atoms with Gasteiger partial charge in [0.25, 0.3) is 0 Å². The van der Waals surface area contributed by atoms with Crippen LogP contribution in [0, 0.1) is 5.92 Å². The first kappa shape index (κ1) is 18.6. The number of carbonyl (C=O) groups excluding carboxylic acids is 1. The smallest absolute Gasteiger partial charge is 0.410 e. The van der Waals surface area contributed by atoms with Crippen molar-refractivity contribution in [3.63, 3.8) is 0 Å². The first-order valence-electron chi connectivity index (χ1n) is 7.35. The SMILES string of the molecule is COc1ncccc1C[C@H]1CCN(C(=O)OC(C)(C)C)C1.S. The average Bonchev–Trinajstić information content (AvgIpc) is 2.86. The highest BCUT2D eigenvalue weighted by atomic mass is 32.1. The Labute approximate surface area is 139 Å². The van der Waals surface area contributed by atoms with Gasteiger partial charge in [0.15, 0.2) is 0 Å². The van der Waals surface area contributed by atoms with E-state index in [4.69, 9.17) is 9.47 Å². The quantitative estimate of drug-likeness (QED) is 0.857. The van der Waals surface area contributed by atoms with Crippen LogP contribution in [-0.2, 0) is 11.2 Å². The van der Waals surface area contributed by atoms with Crippen LogP contribution in [0.3, 0.4) is 0 Å². The zero-order chi connectivity index (χ0) is 15.5. The summed E-state index contributed by atoms with van der Waals surface area (Å²) in [5, 5.41) is 0. The molecule has 1 atom stereocenters. The van der Waals surface area contributed by atoms with Gasteiger partial charge in [-0.25, -0.2) is 9.78 Å². The molecule has 2 heterocycles. The number of pyridine rings is 1. The molecule has 124 valence electrons. The number of likely N-dealkylation sites (tertiary alicyclic amines) is 1. The molecule has 0 radical (unpaired) electrons. The second-order valence-electron chi connectivity index (χ2n) is 6.46. The van der Waals surface area contributed by atoms with Crippen LogP contribution in [0.1, 0.15) is 32.8 Å². The first-order chi connectivity index (χ1) is 9.89. The molecule has 0 spiro atoms. The van der Waals surface area contributed by atoms with E-state index in [1.807, 2.05) is 32.9 Å². The van der Waals surface area contributed by atoms with Gasteiger partial charge in [-0.05, 0) is 45.6 Å². The first-order valence-corrected chi connectivity index (χ1v) is 7.35. The molecule has 1 amide bonds. The minimum absolute atomic E-state index is 0. The van der Waals surface area contributed by atoms with Crippen molar-refractivity contribution in [2.75, 3.05) is 20.2 Å². The van der Waals surface area contributed by atoms with Gasteiger partial charge in [0.1, 0.15) is 5.60 Å². The Morgan fingerprint density at radius 1 is 1.45 bits per heavy atom. The van der Waals surface area contributed by atoms with Gasteiger partial charge < -0.3 is 14.4 Å². The Hall–Kier alpha value is -1.43. The van der Waals surface area contributed by atoms with Crippen molar-refractivity contribution < 1.29 is 14.3 Å². The summed E-state index contributed by atoms with van der Waals surface area (Å²) in [5.74, 6) is 1.10. The third-order valence-corrected chi connectivity index (χ3v) is 3.49. The van der Waals surface area contributed by atoms with Crippen LogP contribution in [0.25, 0.3) is 0 Å². The predicted octanol–water partition coefficient (Wildman–Crippen LogP) is 3.00. The lowest BCUT2D eigenvalue weighted by molar-refractivity contribution is 0.0288. The van der Waals surface area contributed by atoms with E-state index < -0.39 is 5.60 Å². The normalized spacial score (nSPS) is 17.8. The van der Waals surface area contributed by atoms with Crippen LogP contribution in [0.5, 0.6) is 5.88 Å². The number of carbonyl (C=O) groups is 1. The van der Waals surface area contributed by atoms with Crippen molar-refractivity contribution in [3.05, 3.63) is 23.9 Å². The number of hydrogen-bond donors (Lipinski definition) is 0. The van der Waals surface area contributed by atoms with Crippen LogP contribution >= 0.6 is 13.5 Å². The molecule has 0 unspecified atom stereocenters. The van der Waals surface area contributed by atoms with E-state index in [0.29, 0.717) is 11.8 Å². The summed E-state index contributed by atoms with van der Waals surface area (Å²) in [5.41, 5.74) is 0.651. The molecule has 0 aliphatic carbocycles. The summed E-state index contributed by atoms with van der Waals surface area (Å²) < 4.78 is 10.7. The van der Waals surface area contributed by atoms with E-state index >= 15 is 0 Å². The lowest BCUT2D eigenvalue weighted by atomic mass is 9.99.